The largest absolute Gasteiger partial charge is 0.490 e. The molecule has 0 aliphatic carbocycles. The molecule has 2 N–H and O–H groups in total. The van der Waals surface area contributed by atoms with Crippen molar-refractivity contribution < 1.29 is 27.9 Å². The van der Waals surface area contributed by atoms with Gasteiger partial charge in [0.25, 0.3) is 0 Å². The summed E-state index contributed by atoms with van der Waals surface area (Å²) in [4.78, 5) is 30.5. The number of carboxylic acid groups (broad SMARTS) is 1. The molecule has 0 saturated carbocycles. The molecule has 38 heavy (non-hydrogen) atoms. The van der Waals surface area contributed by atoms with E-state index in [0.717, 1.165) is 13.1 Å². The first-order chi connectivity index (χ1) is 18.2. The van der Waals surface area contributed by atoms with Gasteiger partial charge in [0, 0.05) is 32.0 Å². The molecule has 2 aromatic carbocycles. The van der Waals surface area contributed by atoms with Gasteiger partial charge in [-0.2, -0.15) is 13.2 Å². The molecular weight excluding hydrogens is 497 g/mol. The Bertz CT molecular complexity index is 1290. The number of fused-ring (bicyclic) bond motifs is 1. The number of rotatable bonds is 5. The Kier molecular flexibility index (Phi) is 8.62. The summed E-state index contributed by atoms with van der Waals surface area (Å²) in [5.41, 5.74) is 3.61. The van der Waals surface area contributed by atoms with E-state index in [-0.39, 0.29) is 12.1 Å². The first-order valence-electron chi connectivity index (χ1n) is 12.4. The predicted molar refractivity (Wildman–Crippen MR) is 138 cm³/mol. The average Bonchev–Trinajstić information content (AvgIpc) is 3.62. The number of aromatic nitrogens is 1. The molecule has 200 valence electrons. The molecule has 10 heteroatoms. The van der Waals surface area contributed by atoms with Gasteiger partial charge in [-0.3, -0.25) is 9.88 Å². The number of carboxylic acids is 1. The van der Waals surface area contributed by atoms with Crippen molar-refractivity contribution in [3.8, 4) is 0 Å². The smallest absolute Gasteiger partial charge is 0.475 e. The Labute approximate surface area is 218 Å². The summed E-state index contributed by atoms with van der Waals surface area (Å²) in [5.74, 6) is -2.76. The molecule has 1 unspecified atom stereocenters. The normalized spacial score (nSPS) is 16.5. The molecular formula is C28H29F3N4O3. The third-order valence-corrected chi connectivity index (χ3v) is 6.68. The number of benzene rings is 2. The van der Waals surface area contributed by atoms with Crippen LogP contribution < -0.4 is 5.32 Å². The number of likely N-dealkylation sites (tertiary alicyclic amines) is 1. The molecule has 1 fully saturated rings. The molecule has 3 heterocycles. The lowest BCUT2D eigenvalue weighted by Gasteiger charge is -2.29. The Hall–Kier alpha value is -3.92. The van der Waals surface area contributed by atoms with Gasteiger partial charge in [-0.15, -0.1) is 0 Å². The van der Waals surface area contributed by atoms with Crippen LogP contribution in [0.15, 0.2) is 73.1 Å². The maximum absolute atomic E-state index is 13.0. The lowest BCUT2D eigenvalue weighted by molar-refractivity contribution is -0.192. The van der Waals surface area contributed by atoms with Crippen LogP contribution >= 0.6 is 0 Å². The van der Waals surface area contributed by atoms with Gasteiger partial charge < -0.3 is 15.3 Å². The van der Waals surface area contributed by atoms with Gasteiger partial charge in [0.1, 0.15) is 0 Å². The van der Waals surface area contributed by atoms with Gasteiger partial charge in [-0.05, 0) is 59.5 Å². The van der Waals surface area contributed by atoms with E-state index in [2.05, 4.69) is 69.8 Å². The van der Waals surface area contributed by atoms with E-state index < -0.39 is 12.1 Å². The molecule has 1 saturated heterocycles. The van der Waals surface area contributed by atoms with E-state index in [1.807, 2.05) is 17.2 Å². The molecule has 1 aromatic heterocycles. The van der Waals surface area contributed by atoms with Gasteiger partial charge in [-0.1, -0.05) is 54.6 Å². The standard InChI is InChI=1S/C26H28N4O.C2HF3O2/c31-26(28-18-25(29-14-3-4-15-29)21-9-6-13-27-17-21)30-16-12-22(19-30)24-11-5-8-20-7-1-2-10-23(20)24;3-2(4,5)1(6)7/h1-2,5-13,17,25H,3-4,14-16,18-19H2,(H,28,31);(H,6,7). The van der Waals surface area contributed by atoms with Crippen molar-refractivity contribution >= 4 is 28.3 Å². The van der Waals surface area contributed by atoms with Crippen LogP contribution in [0.25, 0.3) is 16.3 Å². The topological polar surface area (TPSA) is 85.8 Å². The van der Waals surface area contributed by atoms with Crippen LogP contribution in [-0.4, -0.2) is 70.8 Å². The van der Waals surface area contributed by atoms with Crippen LogP contribution in [0.3, 0.4) is 0 Å². The summed E-state index contributed by atoms with van der Waals surface area (Å²) in [6, 6.07) is 19.1. The summed E-state index contributed by atoms with van der Waals surface area (Å²) in [5, 5.41) is 12.8. The highest BCUT2D eigenvalue weighted by Gasteiger charge is 2.38. The fourth-order valence-corrected chi connectivity index (χ4v) is 4.79. The van der Waals surface area contributed by atoms with Gasteiger partial charge in [0.15, 0.2) is 0 Å². The quantitative estimate of drug-likeness (QED) is 0.483. The van der Waals surface area contributed by atoms with E-state index in [0.29, 0.717) is 19.6 Å². The lowest BCUT2D eigenvalue weighted by Crippen LogP contribution is -2.43. The second-order valence-electron chi connectivity index (χ2n) is 9.17. The number of pyridine rings is 1. The molecule has 5 rings (SSSR count). The molecule has 0 bridgehead atoms. The Morgan fingerprint density at radius 3 is 2.42 bits per heavy atom. The Morgan fingerprint density at radius 1 is 1.03 bits per heavy atom. The van der Waals surface area contributed by atoms with E-state index in [9.17, 15) is 18.0 Å². The summed E-state index contributed by atoms with van der Waals surface area (Å²) in [6.45, 7) is 4.04. The van der Waals surface area contributed by atoms with Crippen molar-refractivity contribution in [2.24, 2.45) is 0 Å². The Balaban J connectivity index is 0.000000426. The summed E-state index contributed by atoms with van der Waals surface area (Å²) in [7, 11) is 0. The predicted octanol–water partition coefficient (Wildman–Crippen LogP) is 5.11. The van der Waals surface area contributed by atoms with Gasteiger partial charge >= 0.3 is 18.2 Å². The highest BCUT2D eigenvalue weighted by molar-refractivity contribution is 5.95. The van der Waals surface area contributed by atoms with Crippen molar-refractivity contribution in [3.05, 3.63) is 84.2 Å². The number of hydrogen-bond donors (Lipinski definition) is 2. The second kappa shape index (κ2) is 12.1. The molecule has 7 nitrogen and oxygen atoms in total. The van der Waals surface area contributed by atoms with E-state index in [1.54, 1.807) is 6.20 Å². The number of carbonyl (C=O) groups is 2. The maximum atomic E-state index is 13.0. The molecule has 2 amide bonds. The number of nitrogens with one attached hydrogen (secondary N) is 1. The van der Waals surface area contributed by atoms with Crippen molar-refractivity contribution in [3.63, 3.8) is 0 Å². The third-order valence-electron chi connectivity index (χ3n) is 6.68. The minimum absolute atomic E-state index is 0.000395. The molecule has 2 aliphatic heterocycles. The van der Waals surface area contributed by atoms with Crippen LogP contribution in [0.4, 0.5) is 18.0 Å². The number of halogens is 3. The number of nitrogens with zero attached hydrogens (tertiary/aromatic N) is 3. The van der Waals surface area contributed by atoms with Crippen molar-refractivity contribution in [1.29, 1.82) is 0 Å². The second-order valence-corrected chi connectivity index (χ2v) is 9.17. The first-order valence-corrected chi connectivity index (χ1v) is 12.4. The average molecular weight is 527 g/mol. The van der Waals surface area contributed by atoms with Crippen LogP contribution in [-0.2, 0) is 4.79 Å². The summed E-state index contributed by atoms with van der Waals surface area (Å²) in [6.07, 6.45) is 3.25. The Morgan fingerprint density at radius 2 is 1.74 bits per heavy atom. The highest BCUT2D eigenvalue weighted by Crippen LogP contribution is 2.29. The van der Waals surface area contributed by atoms with Crippen LogP contribution in [0.2, 0.25) is 0 Å². The minimum Gasteiger partial charge on any atom is -0.475 e. The zero-order chi connectivity index (χ0) is 27.1. The monoisotopic (exact) mass is 526 g/mol. The SMILES string of the molecule is O=C(NCC(c1cccnc1)N1CCCC1)N1CC=C(c2cccc3ccccc23)C1.O=C(O)C(F)(F)F. The number of alkyl halides is 3. The number of aliphatic carboxylic acids is 1. The van der Waals surface area contributed by atoms with Gasteiger partial charge in [0.2, 0.25) is 0 Å². The van der Waals surface area contributed by atoms with Crippen molar-refractivity contribution in [2.45, 2.75) is 25.1 Å². The minimum atomic E-state index is -5.08. The lowest BCUT2D eigenvalue weighted by atomic mass is 9.99. The van der Waals surface area contributed by atoms with Gasteiger partial charge in [-0.25, -0.2) is 9.59 Å². The number of urea groups is 1. The van der Waals surface area contributed by atoms with E-state index >= 15 is 0 Å². The molecule has 3 aromatic rings. The first kappa shape index (κ1) is 27.1. The van der Waals surface area contributed by atoms with E-state index in [4.69, 9.17) is 9.90 Å². The zero-order valence-electron chi connectivity index (χ0n) is 20.7. The van der Waals surface area contributed by atoms with E-state index in [1.165, 1.54) is 40.3 Å². The molecule has 0 spiro atoms. The fraction of sp³-hybridized carbons (Fsp3) is 0.321. The van der Waals surface area contributed by atoms with Crippen LogP contribution in [0.5, 0.6) is 0 Å². The van der Waals surface area contributed by atoms with Crippen molar-refractivity contribution in [1.82, 2.24) is 20.1 Å². The van der Waals surface area contributed by atoms with Crippen molar-refractivity contribution in [2.75, 3.05) is 32.7 Å². The molecule has 0 radical (unpaired) electrons. The molecule has 2 aliphatic rings. The maximum Gasteiger partial charge on any atom is 0.490 e. The summed E-state index contributed by atoms with van der Waals surface area (Å²) >= 11 is 0. The number of carbonyl (C=O) groups excluding carboxylic acids is 1. The molecule has 1 atom stereocenters. The fourth-order valence-electron chi connectivity index (χ4n) is 4.79. The number of amides is 2. The van der Waals surface area contributed by atoms with Crippen LogP contribution in [0, 0.1) is 0 Å². The summed E-state index contributed by atoms with van der Waals surface area (Å²) < 4.78 is 31.7. The highest BCUT2D eigenvalue weighted by atomic mass is 19.4. The zero-order valence-corrected chi connectivity index (χ0v) is 20.7. The van der Waals surface area contributed by atoms with Gasteiger partial charge in [0.05, 0.1) is 6.04 Å². The van der Waals surface area contributed by atoms with Crippen LogP contribution in [0.1, 0.15) is 30.0 Å². The third kappa shape index (κ3) is 6.69. The number of hydrogen-bond acceptors (Lipinski definition) is 4.